The summed E-state index contributed by atoms with van der Waals surface area (Å²) in [6.07, 6.45) is 2.39. The second kappa shape index (κ2) is 7.05. The molecule has 2 aromatic rings. The molecule has 0 aliphatic heterocycles. The lowest BCUT2D eigenvalue weighted by Gasteiger charge is -2.21. The van der Waals surface area contributed by atoms with Crippen LogP contribution >= 0.6 is 11.6 Å². The summed E-state index contributed by atoms with van der Waals surface area (Å²) in [7, 11) is 0. The third kappa shape index (κ3) is 3.63. The van der Waals surface area contributed by atoms with Crippen molar-refractivity contribution in [1.82, 2.24) is 20.1 Å². The number of benzene rings is 1. The number of aromatic nitrogens is 3. The molecule has 0 saturated heterocycles. The maximum Gasteiger partial charge on any atom is 0.138 e. The van der Waals surface area contributed by atoms with Crippen LogP contribution in [0.15, 0.2) is 24.5 Å². The van der Waals surface area contributed by atoms with E-state index in [4.69, 9.17) is 11.6 Å². The maximum atomic E-state index is 6.48. The predicted molar refractivity (Wildman–Crippen MR) is 86.7 cm³/mol. The number of rotatable bonds is 6. The molecule has 2 rings (SSSR count). The summed E-state index contributed by atoms with van der Waals surface area (Å²) < 4.78 is 1.97. The molecular formula is C16H23ClN4. The molecule has 0 aliphatic rings. The smallest absolute Gasteiger partial charge is 0.138 e. The van der Waals surface area contributed by atoms with Crippen molar-refractivity contribution in [2.75, 3.05) is 6.54 Å². The molecule has 1 N–H and O–H groups in total. The van der Waals surface area contributed by atoms with Gasteiger partial charge in [0.15, 0.2) is 0 Å². The zero-order chi connectivity index (χ0) is 15.4. The average Bonchev–Trinajstić information content (AvgIpc) is 2.90. The van der Waals surface area contributed by atoms with Crippen LogP contribution in [0, 0.1) is 6.92 Å². The number of nitrogens with zero attached hydrogens (tertiary/aromatic N) is 3. The molecule has 1 aromatic heterocycles. The topological polar surface area (TPSA) is 42.7 Å². The van der Waals surface area contributed by atoms with Crippen molar-refractivity contribution >= 4 is 11.6 Å². The van der Waals surface area contributed by atoms with Crippen LogP contribution in [-0.4, -0.2) is 21.3 Å². The normalized spacial score (nSPS) is 12.9. The van der Waals surface area contributed by atoms with Gasteiger partial charge in [-0.3, -0.25) is 0 Å². The van der Waals surface area contributed by atoms with Gasteiger partial charge in [-0.25, -0.2) is 9.67 Å². The molecule has 0 spiro atoms. The fraction of sp³-hybridized carbons (Fsp3) is 0.500. The van der Waals surface area contributed by atoms with Crippen LogP contribution in [-0.2, 0) is 6.42 Å². The van der Waals surface area contributed by atoms with Crippen molar-refractivity contribution in [2.24, 2.45) is 0 Å². The van der Waals surface area contributed by atoms with E-state index in [0.717, 1.165) is 34.9 Å². The van der Waals surface area contributed by atoms with E-state index in [1.165, 1.54) is 0 Å². The Morgan fingerprint density at radius 1 is 1.33 bits per heavy atom. The molecule has 1 unspecified atom stereocenters. The SMILES string of the molecule is CCNC(Cc1ncnn1C(C)C)c1cccc(C)c1Cl. The monoisotopic (exact) mass is 306 g/mol. The Kier molecular flexibility index (Phi) is 5.37. The van der Waals surface area contributed by atoms with Gasteiger partial charge in [-0.05, 0) is 38.4 Å². The Balaban J connectivity index is 2.31. The van der Waals surface area contributed by atoms with Crippen molar-refractivity contribution in [3.8, 4) is 0 Å². The molecule has 1 aromatic carbocycles. The quantitative estimate of drug-likeness (QED) is 0.884. The average molecular weight is 307 g/mol. The summed E-state index contributed by atoms with van der Waals surface area (Å²) in [6, 6.07) is 6.61. The highest BCUT2D eigenvalue weighted by atomic mass is 35.5. The second-order valence-electron chi connectivity index (χ2n) is 5.51. The van der Waals surface area contributed by atoms with E-state index in [1.54, 1.807) is 6.33 Å². The molecule has 0 fully saturated rings. The van der Waals surface area contributed by atoms with Gasteiger partial charge in [-0.1, -0.05) is 36.7 Å². The Bertz CT molecular complexity index is 592. The van der Waals surface area contributed by atoms with Crippen LogP contribution in [0.1, 0.15) is 49.8 Å². The summed E-state index contributed by atoms with van der Waals surface area (Å²) in [5.74, 6) is 0.980. The number of hydrogen-bond acceptors (Lipinski definition) is 3. The maximum absolute atomic E-state index is 6.48. The van der Waals surface area contributed by atoms with Crippen molar-refractivity contribution in [3.63, 3.8) is 0 Å². The van der Waals surface area contributed by atoms with Crippen molar-refractivity contribution in [2.45, 2.75) is 46.2 Å². The van der Waals surface area contributed by atoms with Gasteiger partial charge in [-0.2, -0.15) is 5.10 Å². The molecule has 0 radical (unpaired) electrons. The van der Waals surface area contributed by atoms with Crippen LogP contribution in [0.5, 0.6) is 0 Å². The Morgan fingerprint density at radius 3 is 2.76 bits per heavy atom. The second-order valence-corrected chi connectivity index (χ2v) is 5.89. The highest BCUT2D eigenvalue weighted by Crippen LogP contribution is 2.28. The van der Waals surface area contributed by atoms with Gasteiger partial charge in [-0.15, -0.1) is 0 Å². The first-order valence-electron chi connectivity index (χ1n) is 7.41. The Labute approximate surface area is 131 Å². The zero-order valence-electron chi connectivity index (χ0n) is 13.1. The third-order valence-electron chi connectivity index (χ3n) is 3.57. The fourth-order valence-corrected chi connectivity index (χ4v) is 2.77. The number of halogens is 1. The first-order chi connectivity index (χ1) is 10.0. The molecule has 1 atom stereocenters. The molecule has 21 heavy (non-hydrogen) atoms. The van der Waals surface area contributed by atoms with Crippen LogP contribution in [0.2, 0.25) is 5.02 Å². The fourth-order valence-electron chi connectivity index (χ4n) is 2.51. The summed E-state index contributed by atoms with van der Waals surface area (Å²) in [5, 5.41) is 8.65. The lowest BCUT2D eigenvalue weighted by Crippen LogP contribution is -2.25. The Morgan fingerprint density at radius 2 is 2.10 bits per heavy atom. The summed E-state index contributed by atoms with van der Waals surface area (Å²) in [4.78, 5) is 4.41. The molecule has 0 bridgehead atoms. The molecule has 1 heterocycles. The summed E-state index contributed by atoms with van der Waals surface area (Å²) in [6.45, 7) is 9.24. The van der Waals surface area contributed by atoms with Gasteiger partial charge in [0, 0.05) is 23.5 Å². The minimum atomic E-state index is 0.143. The summed E-state index contributed by atoms with van der Waals surface area (Å²) in [5.41, 5.74) is 2.22. The highest BCUT2D eigenvalue weighted by Gasteiger charge is 2.19. The van der Waals surface area contributed by atoms with Gasteiger partial charge in [0.1, 0.15) is 12.2 Å². The van der Waals surface area contributed by atoms with E-state index in [0.29, 0.717) is 6.04 Å². The van der Waals surface area contributed by atoms with E-state index in [2.05, 4.69) is 42.2 Å². The number of nitrogens with one attached hydrogen (secondary N) is 1. The lowest BCUT2D eigenvalue weighted by molar-refractivity contribution is 0.468. The standard InChI is InChI=1S/C16H23ClN4/c1-5-18-14(13-8-6-7-12(4)16(13)17)9-15-19-10-20-21(15)11(2)3/h6-8,10-11,14,18H,5,9H2,1-4H3. The van der Waals surface area contributed by atoms with Crippen LogP contribution < -0.4 is 5.32 Å². The van der Waals surface area contributed by atoms with Crippen LogP contribution in [0.4, 0.5) is 0 Å². The largest absolute Gasteiger partial charge is 0.310 e. The zero-order valence-corrected chi connectivity index (χ0v) is 13.9. The van der Waals surface area contributed by atoms with E-state index in [1.807, 2.05) is 23.7 Å². The van der Waals surface area contributed by atoms with Gasteiger partial charge >= 0.3 is 0 Å². The molecule has 114 valence electrons. The molecule has 0 saturated carbocycles. The highest BCUT2D eigenvalue weighted by molar-refractivity contribution is 6.32. The first kappa shape index (κ1) is 16.0. The van der Waals surface area contributed by atoms with Crippen LogP contribution in [0.3, 0.4) is 0 Å². The van der Waals surface area contributed by atoms with Gasteiger partial charge in [0.25, 0.3) is 0 Å². The molecular weight excluding hydrogens is 284 g/mol. The van der Waals surface area contributed by atoms with E-state index >= 15 is 0 Å². The van der Waals surface area contributed by atoms with E-state index in [-0.39, 0.29) is 6.04 Å². The van der Waals surface area contributed by atoms with E-state index < -0.39 is 0 Å². The minimum Gasteiger partial charge on any atom is -0.310 e. The van der Waals surface area contributed by atoms with Gasteiger partial charge in [0.05, 0.1) is 0 Å². The van der Waals surface area contributed by atoms with Crippen LogP contribution in [0.25, 0.3) is 0 Å². The number of aryl methyl sites for hydroxylation is 1. The van der Waals surface area contributed by atoms with Crippen molar-refractivity contribution in [3.05, 3.63) is 46.5 Å². The van der Waals surface area contributed by atoms with E-state index in [9.17, 15) is 0 Å². The summed E-state index contributed by atoms with van der Waals surface area (Å²) >= 11 is 6.48. The minimum absolute atomic E-state index is 0.143. The number of likely N-dealkylation sites (N-methyl/N-ethyl adjacent to an activating group) is 1. The predicted octanol–water partition coefficient (Wildman–Crippen LogP) is 3.71. The molecule has 0 amide bonds. The lowest BCUT2D eigenvalue weighted by atomic mass is 10.0. The first-order valence-corrected chi connectivity index (χ1v) is 7.79. The molecule has 0 aliphatic carbocycles. The van der Waals surface area contributed by atoms with Gasteiger partial charge in [0.2, 0.25) is 0 Å². The molecule has 5 heteroatoms. The van der Waals surface area contributed by atoms with Gasteiger partial charge < -0.3 is 5.32 Å². The van der Waals surface area contributed by atoms with Crippen molar-refractivity contribution in [1.29, 1.82) is 0 Å². The Hall–Kier alpha value is -1.39. The third-order valence-corrected chi connectivity index (χ3v) is 4.09. The molecule has 4 nitrogen and oxygen atoms in total. The van der Waals surface area contributed by atoms with Crippen molar-refractivity contribution < 1.29 is 0 Å². The number of hydrogen-bond donors (Lipinski definition) is 1.